The standard InChI is InChI=1S/C14H10N2O2/c1-17-10-3-4-11-12(6-10)9(7-15)5-14(18-2)13(11)8-16/h3-6H,1-2H3. The van der Waals surface area contributed by atoms with Crippen LogP contribution in [-0.4, -0.2) is 14.2 Å². The molecule has 0 amide bonds. The van der Waals surface area contributed by atoms with Crippen molar-refractivity contribution in [2.24, 2.45) is 0 Å². The molecule has 0 aromatic heterocycles. The molecule has 0 aliphatic heterocycles. The summed E-state index contributed by atoms with van der Waals surface area (Å²) >= 11 is 0. The fourth-order valence-electron chi connectivity index (χ4n) is 1.87. The lowest BCUT2D eigenvalue weighted by molar-refractivity contribution is 0.413. The van der Waals surface area contributed by atoms with E-state index in [9.17, 15) is 5.26 Å². The number of rotatable bonds is 2. The van der Waals surface area contributed by atoms with E-state index in [1.54, 1.807) is 31.4 Å². The zero-order chi connectivity index (χ0) is 13.1. The largest absolute Gasteiger partial charge is 0.497 e. The summed E-state index contributed by atoms with van der Waals surface area (Å²) in [5.74, 6) is 1.06. The van der Waals surface area contributed by atoms with E-state index in [1.807, 2.05) is 0 Å². The van der Waals surface area contributed by atoms with Gasteiger partial charge in [0.05, 0.1) is 25.9 Å². The van der Waals surface area contributed by atoms with Gasteiger partial charge >= 0.3 is 0 Å². The Bertz CT molecular complexity index is 693. The van der Waals surface area contributed by atoms with Crippen LogP contribution in [0, 0.1) is 22.7 Å². The number of nitrogens with zero attached hydrogens (tertiary/aromatic N) is 2. The van der Waals surface area contributed by atoms with Crippen LogP contribution in [0.2, 0.25) is 0 Å². The van der Waals surface area contributed by atoms with Gasteiger partial charge in [-0.25, -0.2) is 0 Å². The van der Waals surface area contributed by atoms with Crippen LogP contribution in [0.25, 0.3) is 10.8 Å². The summed E-state index contributed by atoms with van der Waals surface area (Å²) in [6.45, 7) is 0. The van der Waals surface area contributed by atoms with E-state index < -0.39 is 0 Å². The Balaban J connectivity index is 2.92. The van der Waals surface area contributed by atoms with Crippen LogP contribution in [0.5, 0.6) is 11.5 Å². The SMILES string of the molecule is COc1ccc2c(C#N)c(OC)cc(C#N)c2c1. The summed E-state index contributed by atoms with van der Waals surface area (Å²) in [6.07, 6.45) is 0. The zero-order valence-electron chi connectivity index (χ0n) is 10.0. The summed E-state index contributed by atoms with van der Waals surface area (Å²) in [7, 11) is 3.04. The maximum absolute atomic E-state index is 9.19. The van der Waals surface area contributed by atoms with Crippen LogP contribution < -0.4 is 9.47 Å². The summed E-state index contributed by atoms with van der Waals surface area (Å²) in [6, 6.07) is 11.0. The molecule has 0 radical (unpaired) electrons. The highest BCUT2D eigenvalue weighted by atomic mass is 16.5. The van der Waals surface area contributed by atoms with Crippen LogP contribution in [0.3, 0.4) is 0 Å². The molecule has 0 bridgehead atoms. The Hall–Kier alpha value is -2.72. The molecule has 88 valence electrons. The minimum absolute atomic E-state index is 0.409. The number of ether oxygens (including phenoxy) is 2. The molecule has 0 saturated heterocycles. The highest BCUT2D eigenvalue weighted by Gasteiger charge is 2.13. The normalized spacial score (nSPS) is 9.56. The molecule has 2 aromatic carbocycles. The van der Waals surface area contributed by atoms with Gasteiger partial charge in [-0.3, -0.25) is 0 Å². The number of benzene rings is 2. The smallest absolute Gasteiger partial charge is 0.138 e. The maximum Gasteiger partial charge on any atom is 0.138 e. The highest BCUT2D eigenvalue weighted by molar-refractivity contribution is 5.95. The predicted octanol–water partition coefficient (Wildman–Crippen LogP) is 2.60. The van der Waals surface area contributed by atoms with Gasteiger partial charge in [-0.15, -0.1) is 0 Å². The van der Waals surface area contributed by atoms with E-state index >= 15 is 0 Å². The molecule has 0 unspecified atom stereocenters. The van der Waals surface area contributed by atoms with Gasteiger partial charge in [-0.2, -0.15) is 10.5 Å². The van der Waals surface area contributed by atoms with Gasteiger partial charge in [0.25, 0.3) is 0 Å². The first kappa shape index (κ1) is 11.8. The average Bonchev–Trinajstić information content (AvgIpc) is 2.44. The fraction of sp³-hybridized carbons (Fsp3) is 0.143. The second-order valence-corrected chi connectivity index (χ2v) is 3.64. The van der Waals surface area contributed by atoms with Crippen LogP contribution in [0.4, 0.5) is 0 Å². The Kier molecular flexibility index (Phi) is 3.03. The Labute approximate surface area is 105 Å². The van der Waals surface area contributed by atoms with Gasteiger partial charge < -0.3 is 9.47 Å². The van der Waals surface area contributed by atoms with Gasteiger partial charge in [0.15, 0.2) is 0 Å². The first-order chi connectivity index (χ1) is 8.74. The van der Waals surface area contributed by atoms with Crippen molar-refractivity contribution >= 4 is 10.8 Å². The molecule has 0 fully saturated rings. The lowest BCUT2D eigenvalue weighted by Crippen LogP contribution is -1.93. The Morgan fingerprint density at radius 1 is 0.944 bits per heavy atom. The second kappa shape index (κ2) is 4.65. The summed E-state index contributed by atoms with van der Waals surface area (Å²) in [5.41, 5.74) is 0.883. The number of methoxy groups -OCH3 is 2. The van der Waals surface area contributed by atoms with E-state index in [4.69, 9.17) is 14.7 Å². The highest BCUT2D eigenvalue weighted by Crippen LogP contribution is 2.32. The van der Waals surface area contributed by atoms with Gasteiger partial charge in [-0.05, 0) is 24.3 Å². The number of hydrogen-bond acceptors (Lipinski definition) is 4. The van der Waals surface area contributed by atoms with Crippen molar-refractivity contribution < 1.29 is 9.47 Å². The third-order valence-electron chi connectivity index (χ3n) is 2.76. The van der Waals surface area contributed by atoms with Crippen LogP contribution in [-0.2, 0) is 0 Å². The number of hydrogen-bond donors (Lipinski definition) is 0. The topological polar surface area (TPSA) is 66.0 Å². The number of fused-ring (bicyclic) bond motifs is 1. The lowest BCUT2D eigenvalue weighted by Gasteiger charge is -2.09. The van der Waals surface area contributed by atoms with Crippen molar-refractivity contribution in [2.75, 3.05) is 14.2 Å². The molecule has 0 aliphatic carbocycles. The van der Waals surface area contributed by atoms with Gasteiger partial charge in [-0.1, -0.05) is 0 Å². The molecule has 0 atom stereocenters. The monoisotopic (exact) mass is 238 g/mol. The van der Waals surface area contributed by atoms with Crippen molar-refractivity contribution in [1.29, 1.82) is 10.5 Å². The minimum atomic E-state index is 0.409. The van der Waals surface area contributed by atoms with E-state index in [0.717, 1.165) is 0 Å². The van der Waals surface area contributed by atoms with E-state index in [-0.39, 0.29) is 0 Å². The van der Waals surface area contributed by atoms with Crippen molar-refractivity contribution in [2.45, 2.75) is 0 Å². The molecule has 0 saturated carbocycles. The van der Waals surface area contributed by atoms with Gasteiger partial charge in [0, 0.05) is 10.8 Å². The fourth-order valence-corrected chi connectivity index (χ4v) is 1.87. The van der Waals surface area contributed by atoms with Crippen molar-refractivity contribution in [1.82, 2.24) is 0 Å². The van der Waals surface area contributed by atoms with Crippen molar-refractivity contribution in [3.63, 3.8) is 0 Å². The molecule has 18 heavy (non-hydrogen) atoms. The molecule has 4 heteroatoms. The lowest BCUT2D eigenvalue weighted by atomic mass is 9.99. The summed E-state index contributed by atoms with van der Waals surface area (Å²) in [4.78, 5) is 0. The second-order valence-electron chi connectivity index (χ2n) is 3.64. The zero-order valence-corrected chi connectivity index (χ0v) is 10.0. The molecular formula is C14H10N2O2. The van der Waals surface area contributed by atoms with Crippen LogP contribution >= 0.6 is 0 Å². The van der Waals surface area contributed by atoms with Crippen molar-refractivity contribution in [3.05, 3.63) is 35.4 Å². The average molecular weight is 238 g/mol. The summed E-state index contributed by atoms with van der Waals surface area (Å²) in [5, 5.41) is 19.7. The molecule has 4 nitrogen and oxygen atoms in total. The minimum Gasteiger partial charge on any atom is -0.497 e. The molecule has 2 aromatic rings. The van der Waals surface area contributed by atoms with Crippen molar-refractivity contribution in [3.8, 4) is 23.6 Å². The van der Waals surface area contributed by atoms with Gasteiger partial charge in [0.1, 0.15) is 23.1 Å². The first-order valence-electron chi connectivity index (χ1n) is 5.24. The van der Waals surface area contributed by atoms with E-state index in [2.05, 4.69) is 12.1 Å². The molecule has 0 aliphatic rings. The third-order valence-corrected chi connectivity index (χ3v) is 2.76. The first-order valence-corrected chi connectivity index (χ1v) is 5.24. The molecule has 0 heterocycles. The molecular weight excluding hydrogens is 228 g/mol. The Morgan fingerprint density at radius 3 is 2.28 bits per heavy atom. The third kappa shape index (κ3) is 1.70. The number of nitriles is 2. The van der Waals surface area contributed by atoms with E-state index in [1.165, 1.54) is 7.11 Å². The quantitative estimate of drug-likeness (QED) is 0.806. The Morgan fingerprint density at radius 2 is 1.72 bits per heavy atom. The molecule has 2 rings (SSSR count). The predicted molar refractivity (Wildman–Crippen MR) is 66.5 cm³/mol. The van der Waals surface area contributed by atoms with Crippen LogP contribution in [0.1, 0.15) is 11.1 Å². The summed E-state index contributed by atoms with van der Waals surface area (Å²) < 4.78 is 10.3. The van der Waals surface area contributed by atoms with E-state index in [0.29, 0.717) is 33.4 Å². The van der Waals surface area contributed by atoms with Crippen LogP contribution in [0.15, 0.2) is 24.3 Å². The maximum atomic E-state index is 9.19. The molecule has 0 spiro atoms. The molecule has 0 N–H and O–H groups in total. The van der Waals surface area contributed by atoms with Gasteiger partial charge in [0.2, 0.25) is 0 Å².